The van der Waals surface area contributed by atoms with Crippen molar-refractivity contribution >= 4 is 0 Å². The van der Waals surface area contributed by atoms with Crippen LogP contribution in [0.4, 0.5) is 13.2 Å². The summed E-state index contributed by atoms with van der Waals surface area (Å²) in [6, 6.07) is 3.33. The van der Waals surface area contributed by atoms with Crippen molar-refractivity contribution in [2.24, 2.45) is 5.92 Å². The minimum Gasteiger partial charge on any atom is -0.388 e. The van der Waals surface area contributed by atoms with Gasteiger partial charge in [-0.25, -0.2) is 13.2 Å². The van der Waals surface area contributed by atoms with Crippen LogP contribution >= 0.6 is 0 Å². The highest BCUT2D eigenvalue weighted by Gasteiger charge is 2.28. The first-order valence-electron chi connectivity index (χ1n) is 5.09. The molecule has 0 aliphatic carbocycles. The number of hydrogen-bond donors (Lipinski definition) is 1. The summed E-state index contributed by atoms with van der Waals surface area (Å²) in [4.78, 5) is 0. The Morgan fingerprint density at radius 1 is 1.25 bits per heavy atom. The van der Waals surface area contributed by atoms with E-state index in [1.807, 2.05) is 0 Å². The van der Waals surface area contributed by atoms with Gasteiger partial charge >= 0.3 is 0 Å². The average molecular weight is 232 g/mol. The van der Waals surface area contributed by atoms with E-state index in [0.717, 1.165) is 12.1 Å². The maximum atomic E-state index is 13.4. The maximum Gasteiger partial charge on any atom is 0.273 e. The first kappa shape index (κ1) is 13.0. The van der Waals surface area contributed by atoms with Crippen molar-refractivity contribution in [3.63, 3.8) is 0 Å². The van der Waals surface area contributed by atoms with Gasteiger partial charge in [0.2, 0.25) is 0 Å². The van der Waals surface area contributed by atoms with Crippen molar-refractivity contribution in [1.29, 1.82) is 0 Å². The van der Waals surface area contributed by atoms with Gasteiger partial charge in [-0.1, -0.05) is 19.9 Å². The van der Waals surface area contributed by atoms with Crippen LogP contribution < -0.4 is 0 Å². The Bertz CT molecular complexity index is 369. The minimum atomic E-state index is -3.20. The predicted molar refractivity (Wildman–Crippen MR) is 55.8 cm³/mol. The normalized spacial score (nSPS) is 14.2. The third-order valence-corrected chi connectivity index (χ3v) is 2.44. The third-order valence-electron chi connectivity index (χ3n) is 2.44. The zero-order valence-corrected chi connectivity index (χ0v) is 9.47. The Morgan fingerprint density at radius 2 is 1.81 bits per heavy atom. The molecule has 1 nitrogen and oxygen atoms in total. The number of aliphatic hydroxyl groups excluding tert-OH is 1. The lowest BCUT2D eigenvalue weighted by molar-refractivity contribution is 0.0136. The van der Waals surface area contributed by atoms with Crippen molar-refractivity contribution in [3.05, 3.63) is 35.1 Å². The van der Waals surface area contributed by atoms with Crippen LogP contribution in [-0.2, 0) is 5.92 Å². The lowest BCUT2D eigenvalue weighted by Gasteiger charge is -2.17. The van der Waals surface area contributed by atoms with Crippen molar-refractivity contribution in [3.8, 4) is 0 Å². The van der Waals surface area contributed by atoms with Gasteiger partial charge < -0.3 is 5.11 Å². The van der Waals surface area contributed by atoms with E-state index in [4.69, 9.17) is 0 Å². The molecule has 1 aromatic rings. The molecule has 90 valence electrons. The molecule has 1 atom stereocenters. The number of halogens is 3. The molecular weight excluding hydrogens is 217 g/mol. The Morgan fingerprint density at radius 3 is 2.19 bits per heavy atom. The fourth-order valence-electron chi connectivity index (χ4n) is 1.46. The Labute approximate surface area is 92.9 Å². The first-order chi connectivity index (χ1) is 7.23. The van der Waals surface area contributed by atoms with Gasteiger partial charge in [-0.05, 0) is 23.6 Å². The summed E-state index contributed by atoms with van der Waals surface area (Å²) < 4.78 is 39.2. The smallest absolute Gasteiger partial charge is 0.273 e. The summed E-state index contributed by atoms with van der Waals surface area (Å²) in [6.07, 6.45) is -0.839. The lowest BCUT2D eigenvalue weighted by atomic mass is 9.97. The molecule has 16 heavy (non-hydrogen) atoms. The zero-order chi connectivity index (χ0) is 12.5. The van der Waals surface area contributed by atoms with Crippen LogP contribution in [-0.4, -0.2) is 5.11 Å². The van der Waals surface area contributed by atoms with E-state index in [1.165, 1.54) is 6.07 Å². The molecule has 1 rings (SSSR count). The van der Waals surface area contributed by atoms with Crippen molar-refractivity contribution in [2.45, 2.75) is 32.8 Å². The summed E-state index contributed by atoms with van der Waals surface area (Å²) >= 11 is 0. The molecule has 0 spiro atoms. The summed E-state index contributed by atoms with van der Waals surface area (Å²) in [5.41, 5.74) is -0.326. The highest BCUT2D eigenvalue weighted by Crippen LogP contribution is 2.31. The van der Waals surface area contributed by atoms with Crippen LogP contribution in [0.25, 0.3) is 0 Å². The molecule has 0 fully saturated rings. The molecule has 1 unspecified atom stereocenters. The fraction of sp³-hybridized carbons (Fsp3) is 0.500. The predicted octanol–water partition coefficient (Wildman–Crippen LogP) is 3.63. The molecule has 0 amide bonds. The quantitative estimate of drug-likeness (QED) is 0.843. The van der Waals surface area contributed by atoms with Crippen LogP contribution in [0.1, 0.15) is 38.0 Å². The van der Waals surface area contributed by atoms with E-state index >= 15 is 0 Å². The van der Waals surface area contributed by atoms with Gasteiger partial charge in [-0.3, -0.25) is 0 Å². The van der Waals surface area contributed by atoms with Gasteiger partial charge in [0, 0.05) is 6.92 Å². The van der Waals surface area contributed by atoms with Gasteiger partial charge in [0.15, 0.2) is 0 Å². The van der Waals surface area contributed by atoms with Crippen molar-refractivity contribution < 1.29 is 18.3 Å². The Hall–Kier alpha value is -1.03. The Kier molecular flexibility index (Phi) is 3.63. The summed E-state index contributed by atoms with van der Waals surface area (Å²) in [5.74, 6) is -4.28. The van der Waals surface area contributed by atoms with Crippen molar-refractivity contribution in [1.82, 2.24) is 0 Å². The molecule has 1 N–H and O–H groups in total. The SMILES string of the molecule is CC(C)C(O)c1ccc(C(C)(F)F)c(F)c1. The molecule has 0 heterocycles. The van der Waals surface area contributed by atoms with Gasteiger partial charge in [-0.2, -0.15) is 0 Å². The van der Waals surface area contributed by atoms with E-state index in [2.05, 4.69) is 0 Å². The van der Waals surface area contributed by atoms with E-state index in [0.29, 0.717) is 12.5 Å². The summed E-state index contributed by atoms with van der Waals surface area (Å²) in [5, 5.41) is 9.66. The number of hydrogen-bond acceptors (Lipinski definition) is 1. The molecule has 4 heteroatoms. The van der Waals surface area contributed by atoms with Crippen LogP contribution in [0.3, 0.4) is 0 Å². The number of benzene rings is 1. The minimum absolute atomic E-state index is 0.0904. The maximum absolute atomic E-state index is 13.4. The van der Waals surface area contributed by atoms with Crippen LogP contribution in [0.15, 0.2) is 18.2 Å². The van der Waals surface area contributed by atoms with E-state index < -0.39 is 23.4 Å². The van der Waals surface area contributed by atoms with E-state index in [1.54, 1.807) is 13.8 Å². The second kappa shape index (κ2) is 4.45. The topological polar surface area (TPSA) is 20.2 Å². The third kappa shape index (κ3) is 2.76. The molecule has 0 bridgehead atoms. The fourth-order valence-corrected chi connectivity index (χ4v) is 1.46. The summed E-state index contributed by atoms with van der Waals surface area (Å²) in [7, 11) is 0. The molecule has 0 aromatic heterocycles. The highest BCUT2D eigenvalue weighted by molar-refractivity contribution is 5.28. The van der Waals surface area contributed by atoms with Gasteiger partial charge in [-0.15, -0.1) is 0 Å². The molecule has 0 aliphatic heterocycles. The zero-order valence-electron chi connectivity index (χ0n) is 9.47. The second-order valence-corrected chi connectivity index (χ2v) is 4.32. The number of alkyl halides is 2. The molecule has 0 saturated carbocycles. The average Bonchev–Trinajstić information content (AvgIpc) is 2.14. The van der Waals surface area contributed by atoms with E-state index in [-0.39, 0.29) is 5.92 Å². The first-order valence-corrected chi connectivity index (χ1v) is 5.09. The molecule has 0 saturated heterocycles. The van der Waals surface area contributed by atoms with E-state index in [9.17, 15) is 18.3 Å². The Balaban J connectivity index is 3.09. The molecule has 1 aromatic carbocycles. The number of rotatable bonds is 3. The standard InChI is InChI=1S/C12H15F3O/c1-7(2)11(16)8-4-5-9(10(13)6-8)12(3,14)15/h4-7,11,16H,1-3H3. The number of aliphatic hydroxyl groups is 1. The monoisotopic (exact) mass is 232 g/mol. The van der Waals surface area contributed by atoms with Gasteiger partial charge in [0.25, 0.3) is 5.92 Å². The van der Waals surface area contributed by atoms with Crippen LogP contribution in [0, 0.1) is 11.7 Å². The van der Waals surface area contributed by atoms with Gasteiger partial charge in [0.05, 0.1) is 11.7 Å². The largest absolute Gasteiger partial charge is 0.388 e. The highest BCUT2D eigenvalue weighted by atomic mass is 19.3. The van der Waals surface area contributed by atoms with Crippen LogP contribution in [0.2, 0.25) is 0 Å². The van der Waals surface area contributed by atoms with Crippen molar-refractivity contribution in [2.75, 3.05) is 0 Å². The molecule has 0 aliphatic rings. The lowest BCUT2D eigenvalue weighted by Crippen LogP contribution is -2.12. The second-order valence-electron chi connectivity index (χ2n) is 4.32. The molecular formula is C12H15F3O. The van der Waals surface area contributed by atoms with Gasteiger partial charge in [0.1, 0.15) is 5.82 Å². The molecule has 0 radical (unpaired) electrons. The van der Waals surface area contributed by atoms with Crippen LogP contribution in [0.5, 0.6) is 0 Å². The summed E-state index contributed by atoms with van der Waals surface area (Å²) in [6.45, 7) is 4.18.